The molecule has 0 aliphatic carbocycles. The molecule has 0 heterocycles. The SMILES string of the molecule is CCCCCCCCCCCCCCCCCCCC(=O)O[C@H](COC(=O)CCCCCCCCCCCC)COC(=O)CCCCCCCCCCCCCCC. The number of unbranched alkanes of at least 4 members (excludes halogenated alkanes) is 37. The van der Waals surface area contributed by atoms with Crippen LogP contribution in [-0.2, 0) is 28.6 Å². The maximum Gasteiger partial charge on any atom is 0.306 e. The van der Waals surface area contributed by atoms with Gasteiger partial charge in [-0.2, -0.15) is 0 Å². The first-order valence-electron chi connectivity index (χ1n) is 26.0. The van der Waals surface area contributed by atoms with Crippen LogP contribution in [0.5, 0.6) is 0 Å². The van der Waals surface area contributed by atoms with E-state index in [4.69, 9.17) is 14.2 Å². The van der Waals surface area contributed by atoms with Crippen LogP contribution in [0.4, 0.5) is 0 Å². The zero-order valence-electron chi connectivity index (χ0n) is 39.3. The molecule has 0 unspecified atom stereocenters. The van der Waals surface area contributed by atoms with Gasteiger partial charge in [0.1, 0.15) is 13.2 Å². The minimum atomic E-state index is -0.759. The Labute approximate surface area is 361 Å². The fourth-order valence-electron chi connectivity index (χ4n) is 7.92. The Morgan fingerprint density at radius 2 is 0.466 bits per heavy atom. The van der Waals surface area contributed by atoms with Crippen LogP contribution in [0.15, 0.2) is 0 Å². The van der Waals surface area contributed by atoms with Gasteiger partial charge < -0.3 is 14.2 Å². The van der Waals surface area contributed by atoms with Crippen LogP contribution in [0.2, 0.25) is 0 Å². The first kappa shape index (κ1) is 56.4. The fourth-order valence-corrected chi connectivity index (χ4v) is 7.92. The quantitative estimate of drug-likeness (QED) is 0.0346. The van der Waals surface area contributed by atoms with Crippen LogP contribution in [0.1, 0.15) is 297 Å². The zero-order chi connectivity index (χ0) is 42.3. The molecule has 58 heavy (non-hydrogen) atoms. The molecule has 0 aromatic rings. The van der Waals surface area contributed by atoms with Crippen molar-refractivity contribution in [2.24, 2.45) is 0 Å². The van der Waals surface area contributed by atoms with Gasteiger partial charge in [0, 0.05) is 19.3 Å². The van der Waals surface area contributed by atoms with E-state index in [2.05, 4.69) is 20.8 Å². The predicted octanol–water partition coefficient (Wildman–Crippen LogP) is 16.8. The minimum Gasteiger partial charge on any atom is -0.462 e. The second-order valence-electron chi connectivity index (χ2n) is 17.8. The monoisotopic (exact) mass is 821 g/mol. The summed E-state index contributed by atoms with van der Waals surface area (Å²) < 4.78 is 16.8. The van der Waals surface area contributed by atoms with E-state index in [1.807, 2.05) is 0 Å². The zero-order valence-corrected chi connectivity index (χ0v) is 39.3. The molecule has 0 bridgehead atoms. The lowest BCUT2D eigenvalue weighted by Crippen LogP contribution is -2.30. The Morgan fingerprint density at radius 3 is 0.690 bits per heavy atom. The summed E-state index contributed by atoms with van der Waals surface area (Å²) >= 11 is 0. The maximum atomic E-state index is 12.8. The highest BCUT2D eigenvalue weighted by Gasteiger charge is 2.19. The summed E-state index contributed by atoms with van der Waals surface area (Å²) in [7, 11) is 0. The number of carbonyl (C=O) groups excluding carboxylic acids is 3. The molecule has 0 aliphatic heterocycles. The number of hydrogen-bond acceptors (Lipinski definition) is 6. The Hall–Kier alpha value is -1.59. The van der Waals surface area contributed by atoms with Crippen LogP contribution in [0, 0.1) is 0 Å². The van der Waals surface area contributed by atoms with Gasteiger partial charge in [0.05, 0.1) is 0 Å². The van der Waals surface area contributed by atoms with Crippen molar-refractivity contribution >= 4 is 17.9 Å². The van der Waals surface area contributed by atoms with Crippen LogP contribution in [0.25, 0.3) is 0 Å². The molecule has 0 fully saturated rings. The first-order chi connectivity index (χ1) is 28.5. The van der Waals surface area contributed by atoms with Gasteiger partial charge in [-0.1, -0.05) is 258 Å². The lowest BCUT2D eigenvalue weighted by Gasteiger charge is -2.18. The number of ether oxygens (including phenoxy) is 3. The van der Waals surface area contributed by atoms with Gasteiger partial charge >= 0.3 is 17.9 Å². The van der Waals surface area contributed by atoms with Crippen LogP contribution >= 0.6 is 0 Å². The molecule has 0 N–H and O–H groups in total. The highest BCUT2D eigenvalue weighted by molar-refractivity contribution is 5.71. The van der Waals surface area contributed by atoms with E-state index in [1.165, 1.54) is 199 Å². The van der Waals surface area contributed by atoms with Crippen molar-refractivity contribution in [3.8, 4) is 0 Å². The summed E-state index contributed by atoms with van der Waals surface area (Å²) in [5.41, 5.74) is 0. The topological polar surface area (TPSA) is 78.9 Å². The van der Waals surface area contributed by atoms with Gasteiger partial charge in [-0.25, -0.2) is 0 Å². The third-order valence-electron chi connectivity index (χ3n) is 11.9. The Bertz CT molecular complexity index is 859. The van der Waals surface area contributed by atoms with E-state index in [1.54, 1.807) is 0 Å². The Balaban J connectivity index is 4.27. The average molecular weight is 821 g/mol. The van der Waals surface area contributed by atoms with Crippen molar-refractivity contribution in [2.75, 3.05) is 13.2 Å². The molecule has 0 aliphatic rings. The summed E-state index contributed by atoms with van der Waals surface area (Å²) in [6.07, 6.45) is 50.8. The van der Waals surface area contributed by atoms with Crippen LogP contribution < -0.4 is 0 Å². The van der Waals surface area contributed by atoms with E-state index in [9.17, 15) is 14.4 Å². The molecule has 1 atom stereocenters. The first-order valence-corrected chi connectivity index (χ1v) is 26.0. The van der Waals surface area contributed by atoms with Crippen molar-refractivity contribution in [3.63, 3.8) is 0 Å². The molecule has 6 heteroatoms. The van der Waals surface area contributed by atoms with Crippen molar-refractivity contribution in [1.29, 1.82) is 0 Å². The van der Waals surface area contributed by atoms with Crippen molar-refractivity contribution in [2.45, 2.75) is 303 Å². The normalized spacial score (nSPS) is 11.8. The highest BCUT2D eigenvalue weighted by atomic mass is 16.6. The van der Waals surface area contributed by atoms with Gasteiger partial charge in [0.15, 0.2) is 6.10 Å². The van der Waals surface area contributed by atoms with Crippen LogP contribution in [-0.4, -0.2) is 37.2 Å². The van der Waals surface area contributed by atoms with Crippen molar-refractivity contribution in [3.05, 3.63) is 0 Å². The lowest BCUT2D eigenvalue weighted by atomic mass is 10.0. The largest absolute Gasteiger partial charge is 0.462 e. The van der Waals surface area contributed by atoms with Gasteiger partial charge in [0.2, 0.25) is 0 Å². The summed E-state index contributed by atoms with van der Waals surface area (Å²) in [6.45, 7) is 6.67. The third-order valence-corrected chi connectivity index (χ3v) is 11.9. The molecular formula is C52H100O6. The van der Waals surface area contributed by atoms with E-state index >= 15 is 0 Å². The van der Waals surface area contributed by atoms with E-state index in [0.717, 1.165) is 57.8 Å². The molecule has 0 aromatic carbocycles. The second kappa shape index (κ2) is 48.1. The number of rotatable bonds is 48. The Morgan fingerprint density at radius 1 is 0.276 bits per heavy atom. The van der Waals surface area contributed by atoms with Crippen molar-refractivity contribution in [1.82, 2.24) is 0 Å². The molecule has 0 saturated carbocycles. The number of hydrogen-bond donors (Lipinski definition) is 0. The Kier molecular flexibility index (Phi) is 46.8. The molecule has 0 amide bonds. The predicted molar refractivity (Wildman–Crippen MR) is 247 cm³/mol. The third kappa shape index (κ3) is 45.5. The van der Waals surface area contributed by atoms with Gasteiger partial charge in [-0.05, 0) is 19.3 Å². The fraction of sp³-hybridized carbons (Fsp3) is 0.942. The standard InChI is InChI=1S/C52H100O6/c1-4-7-10-13-16-19-22-24-25-26-27-29-31-34-37-40-43-46-52(55)58-49(47-56-50(53)44-41-38-35-32-21-18-15-12-9-6-3)48-57-51(54)45-42-39-36-33-30-28-23-20-17-14-11-8-5-2/h49H,4-48H2,1-3H3/t49-/m1/s1. The molecule has 0 rings (SSSR count). The van der Waals surface area contributed by atoms with E-state index in [0.29, 0.717) is 19.3 Å². The van der Waals surface area contributed by atoms with Gasteiger partial charge in [0.25, 0.3) is 0 Å². The molecule has 0 aromatic heterocycles. The smallest absolute Gasteiger partial charge is 0.306 e. The highest BCUT2D eigenvalue weighted by Crippen LogP contribution is 2.17. The van der Waals surface area contributed by atoms with E-state index in [-0.39, 0.29) is 31.1 Å². The number of carbonyl (C=O) groups is 3. The summed E-state index contributed by atoms with van der Waals surface area (Å²) in [4.78, 5) is 37.9. The minimum absolute atomic E-state index is 0.0619. The molecule has 6 nitrogen and oxygen atoms in total. The maximum absolute atomic E-state index is 12.8. The van der Waals surface area contributed by atoms with E-state index < -0.39 is 6.10 Å². The molecule has 0 radical (unpaired) electrons. The summed E-state index contributed by atoms with van der Waals surface area (Å²) in [6, 6.07) is 0. The van der Waals surface area contributed by atoms with Crippen LogP contribution in [0.3, 0.4) is 0 Å². The summed E-state index contributed by atoms with van der Waals surface area (Å²) in [5, 5.41) is 0. The summed E-state index contributed by atoms with van der Waals surface area (Å²) in [5.74, 6) is -0.842. The average Bonchev–Trinajstić information content (AvgIpc) is 3.22. The van der Waals surface area contributed by atoms with Gasteiger partial charge in [-0.15, -0.1) is 0 Å². The molecule has 0 spiro atoms. The molecule has 0 saturated heterocycles. The molecule has 344 valence electrons. The van der Waals surface area contributed by atoms with Crippen molar-refractivity contribution < 1.29 is 28.6 Å². The second-order valence-corrected chi connectivity index (χ2v) is 17.8. The number of esters is 3. The lowest BCUT2D eigenvalue weighted by molar-refractivity contribution is -0.167. The molecular weight excluding hydrogens is 721 g/mol. The van der Waals surface area contributed by atoms with Gasteiger partial charge in [-0.3, -0.25) is 14.4 Å².